The molecule has 0 aliphatic carbocycles. The maximum atomic E-state index is 8.82. The van der Waals surface area contributed by atoms with Crippen molar-refractivity contribution in [2.24, 2.45) is 27.2 Å². The lowest BCUT2D eigenvalue weighted by atomic mass is 10.4. The molecule has 0 rings (SSSR count). The van der Waals surface area contributed by atoms with Crippen molar-refractivity contribution < 1.29 is 10.2 Å². The number of aliphatic hydroxyl groups excluding tert-OH is 2. The molecule has 1 unspecified atom stereocenters. The van der Waals surface area contributed by atoms with E-state index in [9.17, 15) is 0 Å². The quantitative estimate of drug-likeness (QED) is 0.228. The Kier molecular flexibility index (Phi) is 4.73. The third-order valence-corrected chi connectivity index (χ3v) is 0.918. The van der Waals surface area contributed by atoms with Crippen LogP contribution in [0.2, 0.25) is 0 Å². The predicted molar refractivity (Wildman–Crippen MR) is 45.4 cm³/mol. The molecule has 0 saturated carbocycles. The average molecular weight is 175 g/mol. The van der Waals surface area contributed by atoms with Crippen molar-refractivity contribution in [3.63, 3.8) is 0 Å². The van der Waals surface area contributed by atoms with Gasteiger partial charge in [-0.1, -0.05) is 0 Å². The topological polar surface area (TPSA) is 143 Å². The minimum absolute atomic E-state index is 0.0287. The summed E-state index contributed by atoms with van der Waals surface area (Å²) in [5.41, 5.74) is 15.2. The Morgan fingerprint density at radius 2 is 1.92 bits per heavy atom. The van der Waals surface area contributed by atoms with Crippen molar-refractivity contribution in [3.05, 3.63) is 0 Å². The van der Waals surface area contributed by atoms with Crippen LogP contribution in [0.4, 0.5) is 0 Å². The first-order chi connectivity index (χ1) is 5.56. The van der Waals surface area contributed by atoms with Gasteiger partial charge in [-0.05, 0) is 0 Å². The largest absolute Gasteiger partial charge is 0.394 e. The van der Waals surface area contributed by atoms with Crippen LogP contribution in [0.25, 0.3) is 0 Å². The number of hydrogen-bond acceptors (Lipinski definition) is 3. The maximum Gasteiger partial charge on any atom is 0.218 e. The first-order valence-corrected chi connectivity index (χ1v) is 3.24. The van der Waals surface area contributed by atoms with Gasteiger partial charge in [0.1, 0.15) is 0 Å². The molecule has 1 atom stereocenters. The predicted octanol–water partition coefficient (Wildman–Crippen LogP) is -3.07. The van der Waals surface area contributed by atoms with Crippen LogP contribution >= 0.6 is 0 Å². The van der Waals surface area contributed by atoms with Crippen LogP contribution in [0, 0.1) is 0 Å². The zero-order valence-electron chi connectivity index (χ0n) is 6.51. The molecule has 0 bridgehead atoms. The highest BCUT2D eigenvalue weighted by Gasteiger charge is 1.99. The monoisotopic (exact) mass is 175 g/mol. The first-order valence-electron chi connectivity index (χ1n) is 3.24. The number of guanidine groups is 2. The van der Waals surface area contributed by atoms with Gasteiger partial charge in [-0.25, -0.2) is 4.99 Å². The molecule has 12 heavy (non-hydrogen) atoms. The number of aliphatic imine (C=N–C) groups is 2. The molecule has 0 heterocycles. The van der Waals surface area contributed by atoms with Gasteiger partial charge in [-0.3, -0.25) is 0 Å². The molecule has 0 fully saturated rings. The minimum Gasteiger partial charge on any atom is -0.394 e. The molecule has 0 amide bonds. The van der Waals surface area contributed by atoms with E-state index in [1.54, 1.807) is 0 Å². The van der Waals surface area contributed by atoms with Crippen LogP contribution < -0.4 is 17.2 Å². The highest BCUT2D eigenvalue weighted by Crippen LogP contribution is 1.82. The Morgan fingerprint density at radius 1 is 1.33 bits per heavy atom. The van der Waals surface area contributed by atoms with Gasteiger partial charge in [0.25, 0.3) is 0 Å². The number of nitrogens with zero attached hydrogens (tertiary/aromatic N) is 2. The zero-order valence-corrected chi connectivity index (χ0v) is 6.51. The summed E-state index contributed by atoms with van der Waals surface area (Å²) < 4.78 is 0. The molecule has 0 aliphatic rings. The molecular weight excluding hydrogens is 162 g/mol. The molecule has 0 aromatic rings. The number of rotatable bonds is 3. The van der Waals surface area contributed by atoms with Gasteiger partial charge in [0, 0.05) is 0 Å². The molecule has 7 heteroatoms. The Hall–Kier alpha value is -1.34. The third-order valence-electron chi connectivity index (χ3n) is 0.918. The summed E-state index contributed by atoms with van der Waals surface area (Å²) in [6.45, 7) is -0.405. The maximum absolute atomic E-state index is 8.82. The van der Waals surface area contributed by atoms with Crippen molar-refractivity contribution >= 4 is 11.9 Å². The second-order valence-corrected chi connectivity index (χ2v) is 2.07. The summed E-state index contributed by atoms with van der Waals surface area (Å²) in [6, 6.07) is 0. The summed E-state index contributed by atoms with van der Waals surface area (Å²) in [5, 5.41) is 17.2. The van der Waals surface area contributed by atoms with Crippen LogP contribution in [0.5, 0.6) is 0 Å². The summed E-state index contributed by atoms with van der Waals surface area (Å²) in [7, 11) is 0. The first kappa shape index (κ1) is 10.7. The molecule has 0 spiro atoms. The van der Waals surface area contributed by atoms with Crippen LogP contribution in [0.15, 0.2) is 9.98 Å². The van der Waals surface area contributed by atoms with Gasteiger partial charge >= 0.3 is 0 Å². The van der Waals surface area contributed by atoms with Crippen molar-refractivity contribution in [1.29, 1.82) is 0 Å². The van der Waals surface area contributed by atoms with E-state index in [0.29, 0.717) is 0 Å². The smallest absolute Gasteiger partial charge is 0.218 e. The number of nitrogens with two attached hydrogens (primary N) is 3. The van der Waals surface area contributed by atoms with Crippen LogP contribution in [-0.2, 0) is 0 Å². The van der Waals surface area contributed by atoms with Gasteiger partial charge in [0.15, 0.2) is 5.96 Å². The molecule has 0 saturated heterocycles. The highest BCUT2D eigenvalue weighted by molar-refractivity contribution is 5.92. The second-order valence-electron chi connectivity index (χ2n) is 2.07. The lowest BCUT2D eigenvalue weighted by Gasteiger charge is -2.01. The normalized spacial score (nSPS) is 14.0. The van der Waals surface area contributed by atoms with E-state index in [4.69, 9.17) is 27.4 Å². The fourth-order valence-corrected chi connectivity index (χ4v) is 0.424. The van der Waals surface area contributed by atoms with E-state index in [2.05, 4.69) is 9.98 Å². The molecule has 0 radical (unpaired) electrons. The summed E-state index contributed by atoms with van der Waals surface area (Å²) in [5.74, 6) is -0.322. The fraction of sp³-hybridized carbons (Fsp3) is 0.600. The standard InChI is InChI=1S/C5H13N5O2/c6-4(7)10-5(8)9-1-3(12)2-11/h3,11-12H,1-2H2,(H6,6,7,8,9,10). The second kappa shape index (κ2) is 5.33. The molecule has 0 aromatic heterocycles. The zero-order chi connectivity index (χ0) is 9.56. The van der Waals surface area contributed by atoms with Crippen LogP contribution in [-0.4, -0.2) is 41.4 Å². The van der Waals surface area contributed by atoms with Gasteiger partial charge in [-0.2, -0.15) is 4.99 Å². The van der Waals surface area contributed by atoms with Gasteiger partial charge < -0.3 is 27.4 Å². The Bertz CT molecular complexity index is 186. The van der Waals surface area contributed by atoms with E-state index in [0.717, 1.165) is 0 Å². The molecule has 0 aliphatic heterocycles. The molecular formula is C5H13N5O2. The van der Waals surface area contributed by atoms with E-state index in [1.807, 2.05) is 0 Å². The fourth-order valence-electron chi connectivity index (χ4n) is 0.424. The van der Waals surface area contributed by atoms with Gasteiger partial charge in [0.2, 0.25) is 5.96 Å². The third kappa shape index (κ3) is 5.45. The highest BCUT2D eigenvalue weighted by atomic mass is 16.3. The Labute approximate surface area is 69.6 Å². The van der Waals surface area contributed by atoms with Crippen LogP contribution in [0.1, 0.15) is 0 Å². The van der Waals surface area contributed by atoms with Crippen LogP contribution in [0.3, 0.4) is 0 Å². The number of aliphatic hydroxyl groups is 2. The summed E-state index contributed by atoms with van der Waals surface area (Å²) >= 11 is 0. The van der Waals surface area contributed by atoms with Crippen molar-refractivity contribution in [3.8, 4) is 0 Å². The lowest BCUT2D eigenvalue weighted by Crippen LogP contribution is -2.27. The van der Waals surface area contributed by atoms with E-state index >= 15 is 0 Å². The summed E-state index contributed by atoms with van der Waals surface area (Å²) in [6.07, 6.45) is -0.933. The van der Waals surface area contributed by atoms with Crippen molar-refractivity contribution in [1.82, 2.24) is 0 Å². The lowest BCUT2D eigenvalue weighted by molar-refractivity contribution is 0.102. The average Bonchev–Trinajstić information content (AvgIpc) is 1.99. The number of hydrogen-bond donors (Lipinski definition) is 5. The van der Waals surface area contributed by atoms with E-state index in [-0.39, 0.29) is 25.1 Å². The molecule has 70 valence electrons. The van der Waals surface area contributed by atoms with Gasteiger partial charge in [0.05, 0.1) is 19.3 Å². The molecule has 8 N–H and O–H groups in total. The molecule has 0 aromatic carbocycles. The van der Waals surface area contributed by atoms with E-state index in [1.165, 1.54) is 0 Å². The van der Waals surface area contributed by atoms with Crippen molar-refractivity contribution in [2.75, 3.05) is 13.2 Å². The molecule has 7 nitrogen and oxygen atoms in total. The summed E-state index contributed by atoms with van der Waals surface area (Å²) in [4.78, 5) is 6.96. The van der Waals surface area contributed by atoms with Gasteiger partial charge in [-0.15, -0.1) is 0 Å². The van der Waals surface area contributed by atoms with E-state index < -0.39 is 6.10 Å². The SMILES string of the molecule is NC(N)=NC(N)=NCC(O)CO. The Balaban J connectivity index is 3.93. The Morgan fingerprint density at radius 3 is 2.33 bits per heavy atom. The van der Waals surface area contributed by atoms with Crippen molar-refractivity contribution in [2.45, 2.75) is 6.10 Å². The minimum atomic E-state index is -0.933.